The molecule has 1 heterocycles. The lowest BCUT2D eigenvalue weighted by Gasteiger charge is -2.19. The average Bonchev–Trinajstić information content (AvgIpc) is 3.12. The molecule has 12 heteroatoms. The smallest absolute Gasteiger partial charge is 0.416 e. The van der Waals surface area contributed by atoms with Crippen molar-refractivity contribution in [3.8, 4) is 0 Å². The van der Waals surface area contributed by atoms with E-state index in [4.69, 9.17) is 4.74 Å². The van der Waals surface area contributed by atoms with Crippen LogP contribution in [-0.4, -0.2) is 31.1 Å². The predicted octanol–water partition coefficient (Wildman–Crippen LogP) is 2.77. The van der Waals surface area contributed by atoms with Gasteiger partial charge in [0.1, 0.15) is 0 Å². The number of alkyl halides is 3. The molecule has 2 aromatic carbocycles. The van der Waals surface area contributed by atoms with E-state index in [1.54, 1.807) is 0 Å². The van der Waals surface area contributed by atoms with E-state index in [9.17, 15) is 31.2 Å². The maximum absolute atomic E-state index is 12.8. The zero-order valence-electron chi connectivity index (χ0n) is 16.2. The molecule has 31 heavy (non-hydrogen) atoms. The Morgan fingerprint density at radius 3 is 2.10 bits per heavy atom. The molecule has 0 spiro atoms. The van der Waals surface area contributed by atoms with Crippen LogP contribution in [0.5, 0.6) is 0 Å². The number of hydrazone groups is 1. The van der Waals surface area contributed by atoms with Crippen molar-refractivity contribution >= 4 is 27.7 Å². The fourth-order valence-electron chi connectivity index (χ4n) is 2.76. The number of nitrogens with zero attached hydrogens (tertiary/aromatic N) is 2. The quantitative estimate of drug-likeness (QED) is 0.763. The van der Waals surface area contributed by atoms with Crippen molar-refractivity contribution < 1.29 is 35.9 Å². The lowest BCUT2D eigenvalue weighted by Crippen LogP contribution is -2.28. The highest BCUT2D eigenvalue weighted by atomic mass is 32.2. The van der Waals surface area contributed by atoms with E-state index >= 15 is 0 Å². The summed E-state index contributed by atoms with van der Waals surface area (Å²) in [4.78, 5) is 22.8. The molecule has 164 valence electrons. The summed E-state index contributed by atoms with van der Waals surface area (Å²) in [5, 5.41) is 5.04. The van der Waals surface area contributed by atoms with Gasteiger partial charge in [0.05, 0.1) is 10.5 Å². The van der Waals surface area contributed by atoms with Crippen molar-refractivity contribution in [2.24, 2.45) is 5.10 Å². The van der Waals surface area contributed by atoms with Crippen LogP contribution in [0.4, 0.5) is 13.2 Å². The molecule has 3 rings (SSSR count). The molecule has 2 aromatic rings. The number of hydrogen-bond acceptors (Lipinski definition) is 6. The summed E-state index contributed by atoms with van der Waals surface area (Å²) in [5.74, 6) is -1.28. The third kappa shape index (κ3) is 4.85. The topological polar surface area (TPSA) is 105 Å². The van der Waals surface area contributed by atoms with Crippen LogP contribution in [0.25, 0.3) is 0 Å². The number of carbonyl (C=O) groups excluding carboxylic acids is 2. The van der Waals surface area contributed by atoms with Crippen LogP contribution >= 0.6 is 0 Å². The van der Waals surface area contributed by atoms with E-state index in [2.05, 4.69) is 5.10 Å². The van der Waals surface area contributed by atoms with E-state index in [0.717, 1.165) is 24.1 Å². The number of ether oxygens (including phenoxy) is 1. The van der Waals surface area contributed by atoms with Crippen molar-refractivity contribution in [2.45, 2.75) is 31.1 Å². The highest BCUT2D eigenvalue weighted by Gasteiger charge is 2.35. The summed E-state index contributed by atoms with van der Waals surface area (Å²) in [5.41, 5.74) is -0.255. The number of carbonyl (C=O) groups is 2. The molecule has 1 aliphatic heterocycles. The maximum Gasteiger partial charge on any atom is 0.416 e. The largest absolute Gasteiger partial charge is 0.446 e. The monoisotopic (exact) mass is 455 g/mol. The predicted molar refractivity (Wildman–Crippen MR) is 102 cm³/mol. The van der Waals surface area contributed by atoms with Gasteiger partial charge in [-0.3, -0.25) is 9.59 Å². The molecule has 0 aliphatic carbocycles. The molecule has 1 unspecified atom stereocenters. The van der Waals surface area contributed by atoms with Gasteiger partial charge in [0.15, 0.2) is 0 Å². The van der Waals surface area contributed by atoms with Gasteiger partial charge in [0, 0.05) is 25.0 Å². The van der Waals surface area contributed by atoms with E-state index in [0.29, 0.717) is 5.56 Å². The summed E-state index contributed by atoms with van der Waals surface area (Å²) in [7, 11) is -4.03. The van der Waals surface area contributed by atoms with Crippen molar-refractivity contribution in [3.63, 3.8) is 0 Å². The summed E-state index contributed by atoms with van der Waals surface area (Å²) in [6.45, 7) is 2.28. The molecule has 0 saturated carbocycles. The molecule has 1 atom stereocenters. The standard InChI is InChI=1S/C19H16F3N3O5S/c1-11(26)24-31(28,29)16-9-5-13(6-10-16)17-23-25(12(2)27)18(30-17)14-3-7-15(8-4-14)19(20,21)22/h3-10,18H,1-2H3,(H,24,26). The number of sulfonamides is 1. The number of rotatable bonds is 4. The van der Waals surface area contributed by atoms with E-state index in [1.165, 1.54) is 43.3 Å². The Morgan fingerprint density at radius 1 is 1.03 bits per heavy atom. The van der Waals surface area contributed by atoms with E-state index < -0.39 is 39.8 Å². The molecule has 2 amide bonds. The first-order valence-electron chi connectivity index (χ1n) is 8.74. The van der Waals surface area contributed by atoms with E-state index in [-0.39, 0.29) is 16.4 Å². The molecule has 0 aromatic heterocycles. The van der Waals surface area contributed by atoms with Crippen molar-refractivity contribution in [2.75, 3.05) is 0 Å². The average molecular weight is 455 g/mol. The molecule has 0 fully saturated rings. The van der Waals surface area contributed by atoms with Crippen LogP contribution in [0, 0.1) is 0 Å². The Labute approximate surface area is 175 Å². The molecule has 0 bridgehead atoms. The van der Waals surface area contributed by atoms with Gasteiger partial charge in [-0.1, -0.05) is 12.1 Å². The van der Waals surface area contributed by atoms with Crippen molar-refractivity contribution in [1.82, 2.24) is 9.73 Å². The fourth-order valence-corrected chi connectivity index (χ4v) is 3.75. The minimum atomic E-state index is -4.50. The van der Waals surface area contributed by atoms with Gasteiger partial charge in [0.25, 0.3) is 10.0 Å². The van der Waals surface area contributed by atoms with Crippen molar-refractivity contribution in [1.29, 1.82) is 0 Å². The lowest BCUT2D eigenvalue weighted by molar-refractivity contribution is -0.138. The van der Waals surface area contributed by atoms with Crippen LogP contribution in [0.15, 0.2) is 58.5 Å². The van der Waals surface area contributed by atoms with Crippen LogP contribution in [0.3, 0.4) is 0 Å². The Kier molecular flexibility index (Phi) is 5.77. The Balaban J connectivity index is 1.86. The molecule has 0 saturated heterocycles. The van der Waals surface area contributed by atoms with Crippen LogP contribution in [0.1, 0.15) is 36.8 Å². The number of halogens is 3. The number of amides is 2. The first-order chi connectivity index (χ1) is 14.4. The zero-order valence-corrected chi connectivity index (χ0v) is 17.0. The normalized spacial score (nSPS) is 16.5. The second-order valence-corrected chi connectivity index (χ2v) is 8.23. The molecule has 1 aliphatic rings. The fraction of sp³-hybridized carbons (Fsp3) is 0.211. The second kappa shape index (κ2) is 8.02. The Hall–Kier alpha value is -3.41. The maximum atomic E-state index is 12.8. The second-order valence-electron chi connectivity index (χ2n) is 6.54. The minimum absolute atomic E-state index is 0.0245. The summed E-state index contributed by atoms with van der Waals surface area (Å²) in [6.07, 6.45) is -5.59. The number of hydrogen-bond donors (Lipinski definition) is 1. The third-order valence-corrected chi connectivity index (χ3v) is 5.63. The van der Waals surface area contributed by atoms with Crippen LogP contribution in [0.2, 0.25) is 0 Å². The molecule has 1 N–H and O–H groups in total. The van der Waals surface area contributed by atoms with Crippen molar-refractivity contribution in [3.05, 3.63) is 65.2 Å². The SMILES string of the molecule is CC(=O)NS(=O)(=O)c1ccc(C2=NN(C(C)=O)C(c3ccc(C(F)(F)F)cc3)O2)cc1. The van der Waals surface area contributed by atoms with Gasteiger partial charge in [0.2, 0.25) is 23.9 Å². The lowest BCUT2D eigenvalue weighted by atomic mass is 10.1. The molecular formula is C19H16F3N3O5S. The van der Waals surface area contributed by atoms with E-state index in [1.807, 2.05) is 4.72 Å². The summed E-state index contributed by atoms with van der Waals surface area (Å²) < 4.78 is 69.9. The first kappa shape index (κ1) is 22.3. The molecule has 8 nitrogen and oxygen atoms in total. The van der Waals surface area contributed by atoms with Gasteiger partial charge in [-0.2, -0.15) is 18.2 Å². The van der Waals surface area contributed by atoms with Gasteiger partial charge < -0.3 is 4.74 Å². The zero-order chi connectivity index (χ0) is 23.0. The van der Waals surface area contributed by atoms with Gasteiger partial charge in [-0.15, -0.1) is 5.10 Å². The van der Waals surface area contributed by atoms with Gasteiger partial charge in [-0.25, -0.2) is 13.1 Å². The van der Waals surface area contributed by atoms with Crippen LogP contribution in [-0.2, 0) is 30.5 Å². The van der Waals surface area contributed by atoms with Gasteiger partial charge in [-0.05, 0) is 36.4 Å². The summed E-state index contributed by atoms with van der Waals surface area (Å²) >= 11 is 0. The third-order valence-electron chi connectivity index (χ3n) is 4.18. The summed E-state index contributed by atoms with van der Waals surface area (Å²) in [6, 6.07) is 9.28. The number of nitrogens with one attached hydrogen (secondary N) is 1. The highest BCUT2D eigenvalue weighted by Crippen LogP contribution is 2.34. The first-order valence-corrected chi connectivity index (χ1v) is 10.2. The molecule has 0 radical (unpaired) electrons. The minimum Gasteiger partial charge on any atom is -0.446 e. The Morgan fingerprint density at radius 2 is 1.61 bits per heavy atom. The Bertz CT molecular complexity index is 1140. The highest BCUT2D eigenvalue weighted by molar-refractivity contribution is 7.90. The number of benzene rings is 2. The molecular weight excluding hydrogens is 439 g/mol. The van der Waals surface area contributed by atoms with Gasteiger partial charge >= 0.3 is 6.18 Å². The van der Waals surface area contributed by atoms with Crippen LogP contribution < -0.4 is 4.72 Å².